The highest BCUT2D eigenvalue weighted by atomic mass is 16.3. The quantitative estimate of drug-likeness (QED) is 0.785. The summed E-state index contributed by atoms with van der Waals surface area (Å²) < 4.78 is 7.04. The fourth-order valence-electron chi connectivity index (χ4n) is 2.09. The molecule has 0 saturated carbocycles. The topological polar surface area (TPSA) is 64.2 Å². The molecule has 0 aromatic carbocycles. The number of hydrogen-bond donors (Lipinski definition) is 0. The molecule has 2 aromatic heterocycles. The van der Waals surface area contributed by atoms with Crippen LogP contribution in [0, 0.1) is 5.92 Å². The van der Waals surface area contributed by atoms with E-state index in [0.717, 1.165) is 5.76 Å². The lowest BCUT2D eigenvalue weighted by Crippen LogP contribution is -2.41. The SMILES string of the molecule is CC(C)C(C)N(Cc1ccco1)C(=O)CCn1cncn1. The van der Waals surface area contributed by atoms with Crippen molar-refractivity contribution in [3.63, 3.8) is 0 Å². The van der Waals surface area contributed by atoms with Crippen LogP contribution in [0.15, 0.2) is 35.5 Å². The zero-order chi connectivity index (χ0) is 15.2. The van der Waals surface area contributed by atoms with Crippen molar-refractivity contribution in [1.29, 1.82) is 0 Å². The first-order chi connectivity index (χ1) is 10.1. The minimum Gasteiger partial charge on any atom is -0.467 e. The Bertz CT molecular complexity index is 534. The number of rotatable bonds is 7. The highest BCUT2D eigenvalue weighted by Gasteiger charge is 2.23. The van der Waals surface area contributed by atoms with E-state index in [-0.39, 0.29) is 11.9 Å². The molecule has 0 fully saturated rings. The second kappa shape index (κ2) is 7.06. The Hall–Kier alpha value is -2.11. The third-order valence-electron chi connectivity index (χ3n) is 3.70. The van der Waals surface area contributed by atoms with E-state index in [1.807, 2.05) is 17.0 Å². The molecule has 0 aliphatic rings. The van der Waals surface area contributed by atoms with Crippen LogP contribution in [0.5, 0.6) is 0 Å². The van der Waals surface area contributed by atoms with E-state index in [9.17, 15) is 4.79 Å². The van der Waals surface area contributed by atoms with Gasteiger partial charge in [-0.1, -0.05) is 13.8 Å². The van der Waals surface area contributed by atoms with Crippen LogP contribution in [0.1, 0.15) is 33.0 Å². The summed E-state index contributed by atoms with van der Waals surface area (Å²) >= 11 is 0. The zero-order valence-electron chi connectivity index (χ0n) is 12.8. The Morgan fingerprint density at radius 1 is 1.43 bits per heavy atom. The van der Waals surface area contributed by atoms with E-state index in [1.165, 1.54) is 6.33 Å². The average molecular weight is 290 g/mol. The van der Waals surface area contributed by atoms with Crippen LogP contribution in [0.3, 0.4) is 0 Å². The zero-order valence-corrected chi connectivity index (χ0v) is 12.8. The predicted molar refractivity (Wildman–Crippen MR) is 78.2 cm³/mol. The summed E-state index contributed by atoms with van der Waals surface area (Å²) in [5.74, 6) is 1.29. The molecule has 6 nitrogen and oxygen atoms in total. The molecule has 0 N–H and O–H groups in total. The molecule has 0 saturated heterocycles. The minimum atomic E-state index is 0.100. The monoisotopic (exact) mass is 290 g/mol. The number of aryl methyl sites for hydroxylation is 1. The van der Waals surface area contributed by atoms with Gasteiger partial charge in [0.15, 0.2) is 0 Å². The van der Waals surface area contributed by atoms with Crippen LogP contribution in [-0.4, -0.2) is 31.6 Å². The van der Waals surface area contributed by atoms with Gasteiger partial charge in [-0.25, -0.2) is 4.98 Å². The molecule has 0 aliphatic carbocycles. The van der Waals surface area contributed by atoms with Crippen LogP contribution >= 0.6 is 0 Å². The number of furan rings is 1. The Labute approximate surface area is 124 Å². The maximum absolute atomic E-state index is 12.5. The summed E-state index contributed by atoms with van der Waals surface area (Å²) in [6.45, 7) is 7.34. The van der Waals surface area contributed by atoms with Crippen molar-refractivity contribution in [2.45, 2.75) is 46.3 Å². The summed E-state index contributed by atoms with van der Waals surface area (Å²) in [6, 6.07) is 3.89. The van der Waals surface area contributed by atoms with Crippen molar-refractivity contribution in [3.8, 4) is 0 Å². The molecular weight excluding hydrogens is 268 g/mol. The Kier molecular flexibility index (Phi) is 5.14. The van der Waals surface area contributed by atoms with Crippen LogP contribution in [0.2, 0.25) is 0 Å². The third-order valence-corrected chi connectivity index (χ3v) is 3.70. The molecule has 0 radical (unpaired) electrons. The standard InChI is InChI=1S/C15H22N4O2/c1-12(2)13(3)19(9-14-5-4-8-21-14)15(20)6-7-18-11-16-10-17-18/h4-5,8,10-13H,6-7,9H2,1-3H3. The summed E-state index contributed by atoms with van der Waals surface area (Å²) in [6.07, 6.45) is 5.13. The summed E-state index contributed by atoms with van der Waals surface area (Å²) in [5, 5.41) is 4.02. The van der Waals surface area contributed by atoms with E-state index in [2.05, 4.69) is 30.9 Å². The van der Waals surface area contributed by atoms with Gasteiger partial charge in [0.2, 0.25) is 5.91 Å². The number of amides is 1. The smallest absolute Gasteiger partial charge is 0.225 e. The third kappa shape index (κ3) is 4.18. The van der Waals surface area contributed by atoms with Crippen LogP contribution in [0.25, 0.3) is 0 Å². The van der Waals surface area contributed by atoms with E-state index >= 15 is 0 Å². The first-order valence-electron chi connectivity index (χ1n) is 7.22. The predicted octanol–water partition coefficient (Wildman–Crippen LogP) is 2.33. The van der Waals surface area contributed by atoms with E-state index in [4.69, 9.17) is 4.42 Å². The molecule has 2 aromatic rings. The van der Waals surface area contributed by atoms with E-state index in [0.29, 0.717) is 25.4 Å². The number of hydrogen-bond acceptors (Lipinski definition) is 4. The largest absolute Gasteiger partial charge is 0.467 e. The van der Waals surface area contributed by atoms with Crippen molar-refractivity contribution in [2.75, 3.05) is 0 Å². The first-order valence-corrected chi connectivity index (χ1v) is 7.22. The maximum Gasteiger partial charge on any atom is 0.225 e. The minimum absolute atomic E-state index is 0.100. The molecule has 2 heterocycles. The highest BCUT2D eigenvalue weighted by molar-refractivity contribution is 5.76. The summed E-state index contributed by atoms with van der Waals surface area (Å²) in [4.78, 5) is 18.3. The molecule has 6 heteroatoms. The van der Waals surface area contributed by atoms with Gasteiger partial charge in [-0.05, 0) is 25.0 Å². The number of carbonyl (C=O) groups is 1. The molecule has 1 amide bonds. The lowest BCUT2D eigenvalue weighted by molar-refractivity contribution is -0.135. The average Bonchev–Trinajstić information content (AvgIpc) is 3.14. The lowest BCUT2D eigenvalue weighted by Gasteiger charge is -2.31. The van der Waals surface area contributed by atoms with E-state index in [1.54, 1.807) is 17.3 Å². The molecule has 0 bridgehead atoms. The fourth-order valence-corrected chi connectivity index (χ4v) is 2.09. The van der Waals surface area contributed by atoms with Crippen molar-refractivity contribution in [3.05, 3.63) is 36.8 Å². The van der Waals surface area contributed by atoms with Crippen molar-refractivity contribution < 1.29 is 9.21 Å². The van der Waals surface area contributed by atoms with Crippen molar-refractivity contribution in [1.82, 2.24) is 19.7 Å². The molecule has 21 heavy (non-hydrogen) atoms. The van der Waals surface area contributed by atoms with Gasteiger partial charge in [0, 0.05) is 12.5 Å². The van der Waals surface area contributed by atoms with Gasteiger partial charge < -0.3 is 9.32 Å². The Balaban J connectivity index is 2.01. The first kappa shape index (κ1) is 15.3. The van der Waals surface area contributed by atoms with Gasteiger partial charge in [-0.2, -0.15) is 5.10 Å². The second-order valence-electron chi connectivity index (χ2n) is 5.49. The van der Waals surface area contributed by atoms with E-state index < -0.39 is 0 Å². The van der Waals surface area contributed by atoms with Crippen LogP contribution in [-0.2, 0) is 17.9 Å². The van der Waals surface area contributed by atoms with Gasteiger partial charge in [-0.15, -0.1) is 0 Å². The summed E-state index contributed by atoms with van der Waals surface area (Å²) in [5.41, 5.74) is 0. The molecular formula is C15H22N4O2. The molecule has 1 atom stereocenters. The van der Waals surface area contributed by atoms with Gasteiger partial charge in [0.1, 0.15) is 18.4 Å². The van der Waals surface area contributed by atoms with Gasteiger partial charge in [0.25, 0.3) is 0 Å². The van der Waals surface area contributed by atoms with Gasteiger partial charge in [0.05, 0.1) is 19.4 Å². The molecule has 1 unspecified atom stereocenters. The molecule has 114 valence electrons. The van der Waals surface area contributed by atoms with Crippen molar-refractivity contribution in [2.24, 2.45) is 5.92 Å². The fraction of sp³-hybridized carbons (Fsp3) is 0.533. The van der Waals surface area contributed by atoms with Gasteiger partial charge >= 0.3 is 0 Å². The highest BCUT2D eigenvalue weighted by Crippen LogP contribution is 2.16. The molecule has 0 aliphatic heterocycles. The van der Waals surface area contributed by atoms with Gasteiger partial charge in [-0.3, -0.25) is 9.48 Å². The Morgan fingerprint density at radius 3 is 2.81 bits per heavy atom. The molecule has 0 spiro atoms. The second-order valence-corrected chi connectivity index (χ2v) is 5.49. The summed E-state index contributed by atoms with van der Waals surface area (Å²) in [7, 11) is 0. The molecule has 2 rings (SSSR count). The lowest BCUT2D eigenvalue weighted by atomic mass is 10.0. The number of carbonyl (C=O) groups excluding carboxylic acids is 1. The van der Waals surface area contributed by atoms with Crippen LogP contribution in [0.4, 0.5) is 0 Å². The van der Waals surface area contributed by atoms with Crippen molar-refractivity contribution >= 4 is 5.91 Å². The van der Waals surface area contributed by atoms with Crippen LogP contribution < -0.4 is 0 Å². The number of aromatic nitrogens is 3. The normalized spacial score (nSPS) is 12.6. The Morgan fingerprint density at radius 2 is 2.24 bits per heavy atom. The maximum atomic E-state index is 12.5. The number of nitrogens with zero attached hydrogens (tertiary/aromatic N) is 4.